The molecule has 0 saturated carbocycles. The molecule has 6 heteroatoms. The second-order valence-electron chi connectivity index (χ2n) is 8.24. The number of fused-ring (bicyclic) bond motifs is 2. The predicted molar refractivity (Wildman–Crippen MR) is 125 cm³/mol. The van der Waals surface area contributed by atoms with Gasteiger partial charge in [0.1, 0.15) is 0 Å². The van der Waals surface area contributed by atoms with E-state index in [1.165, 1.54) is 0 Å². The molecule has 0 radical (unpaired) electrons. The molecule has 32 heavy (non-hydrogen) atoms. The monoisotopic (exact) mass is 428 g/mol. The molecule has 1 aliphatic heterocycles. The van der Waals surface area contributed by atoms with Crippen LogP contribution in [0.3, 0.4) is 0 Å². The van der Waals surface area contributed by atoms with E-state index < -0.39 is 5.91 Å². The second-order valence-corrected chi connectivity index (χ2v) is 8.24. The molecule has 2 heterocycles. The minimum atomic E-state index is -0.415. The van der Waals surface area contributed by atoms with Gasteiger partial charge in [-0.05, 0) is 49.6 Å². The molecule has 2 aromatic carbocycles. The van der Waals surface area contributed by atoms with Crippen LogP contribution in [-0.4, -0.2) is 21.6 Å². The lowest BCUT2D eigenvalue weighted by Gasteiger charge is -2.04. The predicted octanol–water partition coefficient (Wildman–Crippen LogP) is 4.08. The molecule has 0 saturated heterocycles. The number of aromatic nitrogens is 2. The summed E-state index contributed by atoms with van der Waals surface area (Å²) in [7, 11) is 0. The van der Waals surface area contributed by atoms with Crippen molar-refractivity contribution in [1.82, 2.24) is 15.1 Å². The maximum absolute atomic E-state index is 11.7. The molecule has 0 unspecified atom stereocenters. The normalized spacial score (nSPS) is 12.3. The minimum absolute atomic E-state index is 0.00442. The van der Waals surface area contributed by atoms with Gasteiger partial charge in [0.25, 0.3) is 5.91 Å². The molecule has 2 amide bonds. The zero-order valence-corrected chi connectivity index (χ0v) is 18.4. The van der Waals surface area contributed by atoms with Crippen LogP contribution in [0.25, 0.3) is 10.9 Å². The van der Waals surface area contributed by atoms with Crippen LogP contribution < -0.4 is 11.1 Å². The van der Waals surface area contributed by atoms with Crippen LogP contribution in [0.5, 0.6) is 0 Å². The third-order valence-corrected chi connectivity index (χ3v) is 5.96. The first-order chi connectivity index (χ1) is 15.5. The van der Waals surface area contributed by atoms with E-state index >= 15 is 0 Å². The van der Waals surface area contributed by atoms with Gasteiger partial charge in [0, 0.05) is 41.6 Å². The number of hydrogen-bond donors (Lipinski definition) is 2. The highest BCUT2D eigenvalue weighted by atomic mass is 16.2. The number of nitrogens with two attached hydrogens (primary N) is 1. The summed E-state index contributed by atoms with van der Waals surface area (Å²) in [6.07, 6.45) is 6.41. The minimum Gasteiger partial charge on any atom is -0.366 e. The Morgan fingerprint density at radius 2 is 1.97 bits per heavy atom. The number of nitrogens with zero attached hydrogens (tertiary/aromatic N) is 2. The van der Waals surface area contributed by atoms with Crippen molar-refractivity contribution in [2.24, 2.45) is 5.73 Å². The van der Waals surface area contributed by atoms with Gasteiger partial charge in [-0.25, -0.2) is 0 Å². The lowest BCUT2D eigenvalue weighted by atomic mass is 10.0. The van der Waals surface area contributed by atoms with E-state index in [0.717, 1.165) is 78.4 Å². The summed E-state index contributed by atoms with van der Waals surface area (Å²) < 4.78 is 1.99. The lowest BCUT2D eigenvalue weighted by Crippen LogP contribution is -2.12. The molecule has 1 aliphatic rings. The highest BCUT2D eigenvalue weighted by Gasteiger charge is 2.20. The number of primary amides is 1. The van der Waals surface area contributed by atoms with Crippen LogP contribution in [0.2, 0.25) is 0 Å². The quantitative estimate of drug-likeness (QED) is 0.418. The zero-order chi connectivity index (χ0) is 22.5. The molecule has 4 rings (SSSR count). The maximum Gasteiger partial charge on any atom is 0.251 e. The van der Waals surface area contributed by atoms with Crippen LogP contribution in [0, 0.1) is 18.8 Å². The van der Waals surface area contributed by atoms with Crippen molar-refractivity contribution in [3.63, 3.8) is 0 Å². The number of carbonyl (C=O) groups excluding carboxylic acids is 2. The van der Waals surface area contributed by atoms with Crippen molar-refractivity contribution in [2.75, 3.05) is 0 Å². The summed E-state index contributed by atoms with van der Waals surface area (Å²) in [5, 5.41) is 8.55. The number of hydrogen-bond acceptors (Lipinski definition) is 3. The highest BCUT2D eigenvalue weighted by molar-refractivity contribution is 5.99. The molecule has 6 nitrogen and oxygen atoms in total. The Labute approximate surface area is 188 Å². The summed E-state index contributed by atoms with van der Waals surface area (Å²) in [4.78, 5) is 23.2. The summed E-state index contributed by atoms with van der Waals surface area (Å²) in [6, 6.07) is 11.3. The van der Waals surface area contributed by atoms with Gasteiger partial charge < -0.3 is 11.1 Å². The Bertz CT molecular complexity index is 1230. The van der Waals surface area contributed by atoms with Gasteiger partial charge in [0.05, 0.1) is 11.2 Å². The molecule has 0 aliphatic carbocycles. The fourth-order valence-electron chi connectivity index (χ4n) is 4.20. The van der Waals surface area contributed by atoms with Gasteiger partial charge in [0.2, 0.25) is 5.91 Å². The lowest BCUT2D eigenvalue weighted by molar-refractivity contribution is 0.0964. The molecule has 164 valence electrons. The Hall–Kier alpha value is -3.59. The van der Waals surface area contributed by atoms with E-state index in [9.17, 15) is 9.59 Å². The Balaban J connectivity index is 1.20. The van der Waals surface area contributed by atoms with Gasteiger partial charge in [-0.2, -0.15) is 5.10 Å². The number of benzene rings is 2. The van der Waals surface area contributed by atoms with Gasteiger partial charge >= 0.3 is 0 Å². The van der Waals surface area contributed by atoms with Crippen molar-refractivity contribution in [1.29, 1.82) is 0 Å². The molecule has 0 atom stereocenters. The van der Waals surface area contributed by atoms with Crippen LogP contribution in [-0.2, 0) is 13.1 Å². The fourth-order valence-corrected chi connectivity index (χ4v) is 4.20. The molecular weight excluding hydrogens is 400 g/mol. The first-order valence-electron chi connectivity index (χ1n) is 11.2. The van der Waals surface area contributed by atoms with E-state index in [-0.39, 0.29) is 5.91 Å². The number of carbonyl (C=O) groups is 2. The number of aryl methyl sites for hydroxylation is 2. The number of nitrogens with one attached hydrogen (secondary N) is 1. The van der Waals surface area contributed by atoms with Crippen molar-refractivity contribution in [2.45, 2.75) is 58.5 Å². The average Bonchev–Trinajstić information content (AvgIpc) is 3.32. The Kier molecular flexibility index (Phi) is 6.55. The highest BCUT2D eigenvalue weighted by Crippen LogP contribution is 2.21. The summed E-state index contributed by atoms with van der Waals surface area (Å²) in [5.41, 5.74) is 10.6. The summed E-state index contributed by atoms with van der Waals surface area (Å²) in [5.74, 6) is 6.07. The third kappa shape index (κ3) is 4.67. The first-order valence-corrected chi connectivity index (χ1v) is 11.2. The van der Waals surface area contributed by atoms with Crippen molar-refractivity contribution in [3.8, 4) is 11.8 Å². The molecule has 0 fully saturated rings. The maximum atomic E-state index is 11.7. The number of amides is 2. The van der Waals surface area contributed by atoms with Crippen LogP contribution in [0.15, 0.2) is 36.4 Å². The number of rotatable bonds is 8. The first kappa shape index (κ1) is 21.6. The SMILES string of the molecule is Cc1nn(CCCCCCCC#Cc2cccc3c2CNC3=O)c2cc(C(N)=O)ccc12. The second kappa shape index (κ2) is 9.69. The van der Waals surface area contributed by atoms with Gasteiger partial charge in [-0.15, -0.1) is 0 Å². The Morgan fingerprint density at radius 3 is 2.81 bits per heavy atom. The summed E-state index contributed by atoms with van der Waals surface area (Å²) in [6.45, 7) is 3.40. The van der Waals surface area contributed by atoms with Crippen LogP contribution in [0.4, 0.5) is 0 Å². The standard InChI is InChI=1S/C26H28N4O2/c1-18-21-14-13-20(25(27)31)16-24(21)30(29-18)15-8-6-4-2-3-5-7-10-19-11-9-12-22-23(19)17-28-26(22)32/h9,11-14,16H,2-6,8,15,17H2,1H3,(H2,27,31)(H,28,32). The number of unbranched alkanes of at least 4 members (excludes halogenated alkanes) is 5. The van der Waals surface area contributed by atoms with Crippen molar-refractivity contribution < 1.29 is 9.59 Å². The van der Waals surface area contributed by atoms with E-state index in [2.05, 4.69) is 22.3 Å². The Morgan fingerprint density at radius 1 is 1.16 bits per heavy atom. The van der Waals surface area contributed by atoms with Crippen molar-refractivity contribution in [3.05, 3.63) is 64.3 Å². The third-order valence-electron chi connectivity index (χ3n) is 5.96. The molecule has 1 aromatic heterocycles. The van der Waals surface area contributed by atoms with E-state index in [0.29, 0.717) is 12.1 Å². The van der Waals surface area contributed by atoms with Gasteiger partial charge in [-0.3, -0.25) is 14.3 Å². The van der Waals surface area contributed by atoms with E-state index in [4.69, 9.17) is 5.73 Å². The van der Waals surface area contributed by atoms with E-state index in [1.807, 2.05) is 41.9 Å². The zero-order valence-electron chi connectivity index (χ0n) is 18.4. The van der Waals surface area contributed by atoms with E-state index in [1.54, 1.807) is 6.07 Å². The fraction of sp³-hybridized carbons (Fsp3) is 0.346. The average molecular weight is 429 g/mol. The van der Waals surface area contributed by atoms with Crippen LogP contribution >= 0.6 is 0 Å². The van der Waals surface area contributed by atoms with Gasteiger partial charge in [0.15, 0.2) is 0 Å². The molecule has 0 bridgehead atoms. The molecular formula is C26H28N4O2. The van der Waals surface area contributed by atoms with Gasteiger partial charge in [-0.1, -0.05) is 43.2 Å². The molecule has 3 aromatic rings. The van der Waals surface area contributed by atoms with Crippen molar-refractivity contribution >= 4 is 22.7 Å². The molecule has 0 spiro atoms. The summed E-state index contributed by atoms with van der Waals surface area (Å²) >= 11 is 0. The topological polar surface area (TPSA) is 90.0 Å². The molecule has 3 N–H and O–H groups in total. The largest absolute Gasteiger partial charge is 0.366 e. The van der Waals surface area contributed by atoms with Crippen LogP contribution in [0.1, 0.15) is 76.1 Å². The smallest absolute Gasteiger partial charge is 0.251 e.